The summed E-state index contributed by atoms with van der Waals surface area (Å²) in [4.78, 5) is 8.69. The maximum atomic E-state index is 6.12. The van der Waals surface area contributed by atoms with E-state index in [0.29, 0.717) is 16.1 Å². The molecule has 17 heavy (non-hydrogen) atoms. The van der Waals surface area contributed by atoms with Crippen molar-refractivity contribution < 1.29 is 4.74 Å². The van der Waals surface area contributed by atoms with Gasteiger partial charge in [-0.2, -0.15) is 0 Å². The van der Waals surface area contributed by atoms with E-state index in [0.717, 1.165) is 37.9 Å². The van der Waals surface area contributed by atoms with Crippen molar-refractivity contribution in [2.45, 2.75) is 45.1 Å². The van der Waals surface area contributed by atoms with Crippen LogP contribution in [0.3, 0.4) is 0 Å². The lowest BCUT2D eigenvalue weighted by Crippen LogP contribution is -2.32. The van der Waals surface area contributed by atoms with E-state index in [1.165, 1.54) is 0 Å². The summed E-state index contributed by atoms with van der Waals surface area (Å²) in [5.74, 6) is 0.601. The molecule has 0 saturated carbocycles. The Balaban J connectivity index is 2.39. The van der Waals surface area contributed by atoms with Crippen molar-refractivity contribution >= 4 is 23.2 Å². The minimum Gasteiger partial charge on any atom is -0.367 e. The minimum atomic E-state index is -0.447. The molecule has 0 aliphatic carbocycles. The molecular weight excluding hydrogens is 259 g/mol. The Labute approximate surface area is 112 Å². The molecule has 0 radical (unpaired) electrons. The zero-order valence-electron chi connectivity index (χ0n) is 10.1. The molecule has 5 heteroatoms. The van der Waals surface area contributed by atoms with Crippen molar-refractivity contribution in [3.63, 3.8) is 0 Å². The van der Waals surface area contributed by atoms with Crippen LogP contribution in [0.25, 0.3) is 0 Å². The van der Waals surface area contributed by atoms with Gasteiger partial charge in [-0.05, 0) is 32.6 Å². The van der Waals surface area contributed by atoms with E-state index in [2.05, 4.69) is 9.97 Å². The van der Waals surface area contributed by atoms with Crippen molar-refractivity contribution in [1.82, 2.24) is 9.97 Å². The second kappa shape index (κ2) is 5.09. The fourth-order valence-electron chi connectivity index (χ4n) is 2.07. The van der Waals surface area contributed by atoms with E-state index in [-0.39, 0.29) is 0 Å². The van der Waals surface area contributed by atoms with Crippen LogP contribution in [0.2, 0.25) is 10.3 Å². The molecule has 0 aromatic carbocycles. The zero-order valence-corrected chi connectivity index (χ0v) is 11.6. The summed E-state index contributed by atoms with van der Waals surface area (Å²) in [5, 5.41) is 0.885. The molecule has 1 atom stereocenters. The molecule has 1 aromatic heterocycles. The molecule has 0 bridgehead atoms. The quantitative estimate of drug-likeness (QED) is 0.771. The molecule has 1 aromatic rings. The van der Waals surface area contributed by atoms with Crippen LogP contribution in [-0.2, 0) is 16.8 Å². The summed E-state index contributed by atoms with van der Waals surface area (Å²) >= 11 is 12.2. The van der Waals surface area contributed by atoms with Crippen LogP contribution >= 0.6 is 23.2 Å². The average Bonchev–Trinajstić information content (AvgIpc) is 2.29. The molecule has 2 rings (SSSR count). The van der Waals surface area contributed by atoms with Gasteiger partial charge >= 0.3 is 0 Å². The number of nitrogens with zero attached hydrogens (tertiary/aromatic N) is 2. The number of halogens is 2. The van der Waals surface area contributed by atoms with Crippen molar-refractivity contribution in [2.24, 2.45) is 0 Å². The largest absolute Gasteiger partial charge is 0.367 e. The zero-order chi connectivity index (χ0) is 12.5. The van der Waals surface area contributed by atoms with Crippen molar-refractivity contribution in [3.05, 3.63) is 21.7 Å². The van der Waals surface area contributed by atoms with E-state index in [1.54, 1.807) is 0 Å². The van der Waals surface area contributed by atoms with E-state index >= 15 is 0 Å². The lowest BCUT2D eigenvalue weighted by molar-refractivity contribution is -0.0760. The third-order valence-electron chi connectivity index (χ3n) is 3.20. The van der Waals surface area contributed by atoms with Crippen LogP contribution < -0.4 is 0 Å². The van der Waals surface area contributed by atoms with Gasteiger partial charge in [-0.25, -0.2) is 9.97 Å². The van der Waals surface area contributed by atoms with Crippen LogP contribution in [-0.4, -0.2) is 16.6 Å². The van der Waals surface area contributed by atoms with Gasteiger partial charge in [-0.15, -0.1) is 0 Å². The third-order valence-corrected chi connectivity index (χ3v) is 3.83. The maximum absolute atomic E-state index is 6.12. The summed E-state index contributed by atoms with van der Waals surface area (Å²) < 4.78 is 5.79. The Bertz CT molecular complexity index is 394. The maximum Gasteiger partial charge on any atom is 0.163 e. The summed E-state index contributed by atoms with van der Waals surface area (Å²) in [6, 6.07) is 0. The monoisotopic (exact) mass is 274 g/mol. The normalized spacial score (nSPS) is 24.9. The van der Waals surface area contributed by atoms with Gasteiger partial charge in [0.05, 0.1) is 0 Å². The molecule has 94 valence electrons. The van der Waals surface area contributed by atoms with Gasteiger partial charge in [-0.3, -0.25) is 0 Å². The van der Waals surface area contributed by atoms with Gasteiger partial charge < -0.3 is 4.74 Å². The van der Waals surface area contributed by atoms with Crippen molar-refractivity contribution in [2.75, 3.05) is 6.61 Å². The number of rotatable bonds is 2. The third kappa shape index (κ3) is 2.56. The first-order valence-corrected chi connectivity index (χ1v) is 6.69. The number of aromatic nitrogens is 2. The Hall–Kier alpha value is -0.380. The minimum absolute atomic E-state index is 0.442. The number of hydrogen-bond donors (Lipinski definition) is 0. The first-order chi connectivity index (χ1) is 8.07. The highest BCUT2D eigenvalue weighted by Gasteiger charge is 2.34. The topological polar surface area (TPSA) is 35.0 Å². The number of hydrogen-bond acceptors (Lipinski definition) is 3. The molecule has 3 nitrogen and oxygen atoms in total. The predicted octanol–water partition coefficient (Wildman–Crippen LogP) is 3.76. The van der Waals surface area contributed by atoms with Crippen molar-refractivity contribution in [3.8, 4) is 0 Å². The molecule has 1 unspecified atom stereocenters. The lowest BCUT2D eigenvalue weighted by Gasteiger charge is -2.32. The van der Waals surface area contributed by atoms with E-state index < -0.39 is 5.60 Å². The lowest BCUT2D eigenvalue weighted by atomic mass is 9.95. The van der Waals surface area contributed by atoms with Gasteiger partial charge in [0, 0.05) is 12.2 Å². The van der Waals surface area contributed by atoms with Crippen LogP contribution in [0.15, 0.2) is 0 Å². The van der Waals surface area contributed by atoms with E-state index in [9.17, 15) is 0 Å². The summed E-state index contributed by atoms with van der Waals surface area (Å²) in [5.41, 5.74) is 0.356. The summed E-state index contributed by atoms with van der Waals surface area (Å²) in [6.07, 6.45) is 3.84. The molecule has 0 spiro atoms. The Morgan fingerprint density at radius 2 is 1.88 bits per heavy atom. The molecule has 1 aliphatic heterocycles. The Morgan fingerprint density at radius 3 is 2.35 bits per heavy atom. The average molecular weight is 275 g/mol. The van der Waals surface area contributed by atoms with Gasteiger partial charge in [0.2, 0.25) is 0 Å². The standard InChI is InChI=1S/C12H16Cl2N2O/c1-3-8-9(13)15-11(16-10(8)14)12(2)6-4-5-7-17-12/h3-7H2,1-2H3. The molecule has 1 fully saturated rings. The van der Waals surface area contributed by atoms with Crippen LogP contribution in [0.5, 0.6) is 0 Å². The SMILES string of the molecule is CCc1c(Cl)nc(C2(C)CCCCO2)nc1Cl. The van der Waals surface area contributed by atoms with E-state index in [4.69, 9.17) is 27.9 Å². The first-order valence-electron chi connectivity index (χ1n) is 5.93. The van der Waals surface area contributed by atoms with Crippen LogP contribution in [0.1, 0.15) is 44.5 Å². The van der Waals surface area contributed by atoms with Crippen LogP contribution in [0.4, 0.5) is 0 Å². The Kier molecular flexibility index (Phi) is 3.91. The molecule has 0 amide bonds. The molecular formula is C12H16Cl2N2O. The van der Waals surface area contributed by atoms with Gasteiger partial charge in [0.1, 0.15) is 15.9 Å². The van der Waals surface area contributed by atoms with Gasteiger partial charge in [0.15, 0.2) is 5.82 Å². The summed E-state index contributed by atoms with van der Waals surface area (Å²) in [7, 11) is 0. The van der Waals surface area contributed by atoms with Gasteiger partial charge in [0.25, 0.3) is 0 Å². The van der Waals surface area contributed by atoms with E-state index in [1.807, 2.05) is 13.8 Å². The highest BCUT2D eigenvalue weighted by atomic mass is 35.5. The van der Waals surface area contributed by atoms with Crippen LogP contribution in [0, 0.1) is 0 Å². The molecule has 2 heterocycles. The van der Waals surface area contributed by atoms with Crippen molar-refractivity contribution in [1.29, 1.82) is 0 Å². The predicted molar refractivity (Wildman–Crippen MR) is 68.6 cm³/mol. The second-order valence-corrected chi connectivity index (χ2v) is 5.21. The molecule has 1 saturated heterocycles. The Morgan fingerprint density at radius 1 is 1.24 bits per heavy atom. The highest BCUT2D eigenvalue weighted by Crippen LogP contribution is 2.34. The smallest absolute Gasteiger partial charge is 0.163 e. The second-order valence-electron chi connectivity index (χ2n) is 4.50. The highest BCUT2D eigenvalue weighted by molar-refractivity contribution is 6.34. The fourth-order valence-corrected chi connectivity index (χ4v) is 2.72. The summed E-state index contributed by atoms with van der Waals surface area (Å²) in [6.45, 7) is 4.72. The number of ether oxygens (including phenoxy) is 1. The first kappa shape index (κ1) is 13.1. The fraction of sp³-hybridized carbons (Fsp3) is 0.667. The molecule has 0 N–H and O–H groups in total. The van der Waals surface area contributed by atoms with Gasteiger partial charge in [-0.1, -0.05) is 30.1 Å². The molecule has 1 aliphatic rings.